The highest BCUT2D eigenvalue weighted by atomic mass is 35.5. The molecule has 0 saturated carbocycles. The average molecular weight is 608 g/mol. The number of unbranched alkanes of at least 4 members (excludes halogenated alkanes) is 1. The van der Waals surface area contributed by atoms with Gasteiger partial charge < -0.3 is 25.4 Å². The van der Waals surface area contributed by atoms with Gasteiger partial charge in [-0.05, 0) is 75.9 Å². The molecule has 3 N–H and O–H groups in total. The first kappa shape index (κ1) is 33.5. The van der Waals surface area contributed by atoms with Crippen LogP contribution in [0.15, 0.2) is 66.7 Å². The fourth-order valence-corrected chi connectivity index (χ4v) is 4.89. The molecule has 9 heteroatoms. The van der Waals surface area contributed by atoms with Crippen molar-refractivity contribution in [2.24, 2.45) is 0 Å². The largest absolute Gasteiger partial charge is 0.508 e. The highest BCUT2D eigenvalue weighted by Crippen LogP contribution is 2.30. The number of anilines is 1. The molecule has 230 valence electrons. The predicted octanol–water partition coefficient (Wildman–Crippen LogP) is 7.11. The number of nitrogens with zero attached hydrogens (tertiary/aromatic N) is 1. The van der Waals surface area contributed by atoms with Gasteiger partial charge in [0.05, 0.1) is 10.7 Å². The van der Waals surface area contributed by atoms with Crippen molar-refractivity contribution in [3.05, 3.63) is 94.0 Å². The molecule has 0 aliphatic carbocycles. The van der Waals surface area contributed by atoms with Crippen molar-refractivity contribution in [2.75, 3.05) is 11.9 Å². The minimum absolute atomic E-state index is 0.0854. The summed E-state index contributed by atoms with van der Waals surface area (Å²) in [5.41, 5.74) is 2.82. The molecular weight excluding hydrogens is 566 g/mol. The van der Waals surface area contributed by atoms with E-state index >= 15 is 0 Å². The van der Waals surface area contributed by atoms with Crippen LogP contribution in [-0.2, 0) is 20.7 Å². The van der Waals surface area contributed by atoms with Gasteiger partial charge in [0.1, 0.15) is 23.4 Å². The number of halogens is 1. The molecule has 0 saturated heterocycles. The lowest BCUT2D eigenvalue weighted by atomic mass is 9.99. The van der Waals surface area contributed by atoms with Gasteiger partial charge in [0, 0.05) is 13.0 Å². The molecule has 0 heterocycles. The Morgan fingerprint density at radius 1 is 0.977 bits per heavy atom. The summed E-state index contributed by atoms with van der Waals surface area (Å²) in [6, 6.07) is 17.2. The lowest BCUT2D eigenvalue weighted by Crippen LogP contribution is -2.53. The Morgan fingerprint density at radius 3 is 2.21 bits per heavy atom. The normalized spacial score (nSPS) is 12.6. The summed E-state index contributed by atoms with van der Waals surface area (Å²) >= 11 is 6.46. The average Bonchev–Trinajstić information content (AvgIpc) is 2.93. The van der Waals surface area contributed by atoms with E-state index in [-0.39, 0.29) is 18.7 Å². The number of alkyl carbamates (subject to hydrolysis) is 1. The van der Waals surface area contributed by atoms with Crippen LogP contribution < -0.4 is 10.6 Å². The Kier molecular flexibility index (Phi) is 11.6. The summed E-state index contributed by atoms with van der Waals surface area (Å²) in [4.78, 5) is 43.1. The minimum atomic E-state index is -1.06. The summed E-state index contributed by atoms with van der Waals surface area (Å²) < 4.78 is 5.49. The zero-order chi connectivity index (χ0) is 31.7. The SMILES string of the molecule is CCCCN(C(=O)C(Cc1ccc(O)cc1)NC(=O)OC(C)(C)C)C(C(=O)Nc1c(C)cccc1Cl)c1ccc(C)cc1. The summed E-state index contributed by atoms with van der Waals surface area (Å²) in [6.07, 6.45) is 0.776. The molecular formula is C34H42ClN3O5. The van der Waals surface area contributed by atoms with Crippen LogP contribution in [0.3, 0.4) is 0 Å². The Hall–Kier alpha value is -4.04. The second-order valence-corrected chi connectivity index (χ2v) is 12.1. The van der Waals surface area contributed by atoms with Crippen LogP contribution in [0.5, 0.6) is 5.75 Å². The molecule has 0 aliphatic rings. The number of aryl methyl sites for hydroxylation is 2. The van der Waals surface area contributed by atoms with E-state index in [0.717, 1.165) is 17.5 Å². The molecule has 3 aromatic carbocycles. The molecule has 3 rings (SSSR count). The lowest BCUT2D eigenvalue weighted by Gasteiger charge is -2.35. The lowest BCUT2D eigenvalue weighted by molar-refractivity contribution is -0.140. The molecule has 8 nitrogen and oxygen atoms in total. The highest BCUT2D eigenvalue weighted by molar-refractivity contribution is 6.34. The molecule has 3 aromatic rings. The first-order valence-corrected chi connectivity index (χ1v) is 14.9. The Labute approximate surface area is 259 Å². The van der Waals surface area contributed by atoms with Crippen molar-refractivity contribution in [1.82, 2.24) is 10.2 Å². The smallest absolute Gasteiger partial charge is 0.408 e. The van der Waals surface area contributed by atoms with Crippen molar-refractivity contribution in [3.63, 3.8) is 0 Å². The van der Waals surface area contributed by atoms with Gasteiger partial charge in [-0.3, -0.25) is 9.59 Å². The molecule has 2 unspecified atom stereocenters. The quantitative estimate of drug-likeness (QED) is 0.215. The van der Waals surface area contributed by atoms with Crippen LogP contribution >= 0.6 is 11.6 Å². The molecule has 3 amide bonds. The van der Waals surface area contributed by atoms with Gasteiger partial charge in [-0.15, -0.1) is 0 Å². The number of phenolic OH excluding ortho intramolecular Hbond substituents is 1. The second-order valence-electron chi connectivity index (χ2n) is 11.7. The highest BCUT2D eigenvalue weighted by Gasteiger charge is 2.36. The maximum atomic E-state index is 14.5. The number of phenols is 1. The summed E-state index contributed by atoms with van der Waals surface area (Å²) in [5, 5.41) is 15.9. The van der Waals surface area contributed by atoms with Gasteiger partial charge in [-0.1, -0.05) is 79.0 Å². The summed E-state index contributed by atoms with van der Waals surface area (Å²) in [6.45, 7) is 11.3. The fourth-order valence-electron chi connectivity index (χ4n) is 4.62. The number of nitrogens with one attached hydrogen (secondary N) is 2. The molecule has 43 heavy (non-hydrogen) atoms. The standard InChI is InChI=1S/C34H42ClN3O5/c1-7-8-20-38(32(41)28(36-33(42)43-34(4,5)6)21-24-14-18-26(39)19-15-24)30(25-16-12-22(2)13-17-25)31(40)37-29-23(3)10-9-11-27(29)35/h9-19,28,30,39H,7-8,20-21H2,1-6H3,(H,36,42)(H,37,40). The molecule has 0 bridgehead atoms. The third-order valence-corrected chi connectivity index (χ3v) is 7.14. The molecule has 2 atom stereocenters. The van der Waals surface area contributed by atoms with Crippen LogP contribution in [0.25, 0.3) is 0 Å². The molecule has 0 aliphatic heterocycles. The molecule has 0 spiro atoms. The predicted molar refractivity (Wildman–Crippen MR) is 170 cm³/mol. The number of hydrogen-bond donors (Lipinski definition) is 3. The number of amides is 3. The van der Waals surface area contributed by atoms with Gasteiger partial charge >= 0.3 is 6.09 Å². The third kappa shape index (κ3) is 9.75. The van der Waals surface area contributed by atoms with Crippen molar-refractivity contribution in [1.29, 1.82) is 0 Å². The first-order chi connectivity index (χ1) is 20.3. The van der Waals surface area contributed by atoms with Crippen LogP contribution in [-0.4, -0.2) is 46.1 Å². The Bertz CT molecular complexity index is 1380. The number of carbonyl (C=O) groups excluding carboxylic acids is 3. The van der Waals surface area contributed by atoms with E-state index in [0.29, 0.717) is 28.3 Å². The second kappa shape index (κ2) is 14.9. The number of benzene rings is 3. The van der Waals surface area contributed by atoms with Gasteiger partial charge in [-0.25, -0.2) is 4.79 Å². The van der Waals surface area contributed by atoms with Gasteiger partial charge in [-0.2, -0.15) is 0 Å². The topological polar surface area (TPSA) is 108 Å². The van der Waals surface area contributed by atoms with E-state index in [1.807, 2.05) is 51.1 Å². The number of rotatable bonds is 11. The maximum absolute atomic E-state index is 14.5. The van der Waals surface area contributed by atoms with Crippen LogP contribution in [0.4, 0.5) is 10.5 Å². The summed E-state index contributed by atoms with van der Waals surface area (Å²) in [5.74, 6) is -0.781. The molecule has 0 aromatic heterocycles. The van der Waals surface area contributed by atoms with E-state index in [9.17, 15) is 19.5 Å². The number of hydrogen-bond acceptors (Lipinski definition) is 5. The van der Waals surface area contributed by atoms with Crippen LogP contribution in [0.2, 0.25) is 5.02 Å². The van der Waals surface area contributed by atoms with Crippen molar-refractivity contribution in [2.45, 2.75) is 78.5 Å². The fraction of sp³-hybridized carbons (Fsp3) is 0.382. The molecule has 0 radical (unpaired) electrons. The Balaban J connectivity index is 2.08. The van der Waals surface area contributed by atoms with Gasteiger partial charge in [0.15, 0.2) is 0 Å². The van der Waals surface area contributed by atoms with Crippen molar-refractivity contribution in [3.8, 4) is 5.75 Å². The number of ether oxygens (including phenoxy) is 1. The van der Waals surface area contributed by atoms with E-state index in [2.05, 4.69) is 10.6 Å². The van der Waals surface area contributed by atoms with Crippen molar-refractivity contribution < 1.29 is 24.2 Å². The Morgan fingerprint density at radius 2 is 1.63 bits per heavy atom. The monoisotopic (exact) mass is 607 g/mol. The number of carbonyl (C=O) groups is 3. The first-order valence-electron chi connectivity index (χ1n) is 14.5. The zero-order valence-corrected chi connectivity index (χ0v) is 26.5. The number of aromatic hydroxyl groups is 1. The van der Waals surface area contributed by atoms with Crippen LogP contribution in [0, 0.1) is 13.8 Å². The summed E-state index contributed by atoms with van der Waals surface area (Å²) in [7, 11) is 0. The third-order valence-electron chi connectivity index (χ3n) is 6.82. The van der Waals surface area contributed by atoms with E-state index in [4.69, 9.17) is 16.3 Å². The minimum Gasteiger partial charge on any atom is -0.508 e. The molecule has 0 fully saturated rings. The van der Waals surface area contributed by atoms with Crippen LogP contribution in [0.1, 0.15) is 68.8 Å². The van der Waals surface area contributed by atoms with E-state index in [1.165, 1.54) is 17.0 Å². The van der Waals surface area contributed by atoms with Gasteiger partial charge in [0.25, 0.3) is 5.91 Å². The maximum Gasteiger partial charge on any atom is 0.408 e. The number of para-hydroxylation sites is 1. The van der Waals surface area contributed by atoms with E-state index < -0.39 is 35.6 Å². The van der Waals surface area contributed by atoms with Crippen molar-refractivity contribution >= 4 is 35.2 Å². The van der Waals surface area contributed by atoms with E-state index in [1.54, 1.807) is 45.0 Å². The zero-order valence-electron chi connectivity index (χ0n) is 25.7. The van der Waals surface area contributed by atoms with Gasteiger partial charge in [0.2, 0.25) is 5.91 Å².